The number of fused-ring (bicyclic) bond motifs is 1. The minimum Gasteiger partial charge on any atom is -0.505 e. The lowest BCUT2D eigenvalue weighted by molar-refractivity contribution is -0.112. The Kier molecular flexibility index (Phi) is 7.62. The Hall–Kier alpha value is -4.85. The first-order chi connectivity index (χ1) is 18.1. The molecule has 0 saturated carbocycles. The van der Waals surface area contributed by atoms with Crippen LogP contribution in [0.15, 0.2) is 97.1 Å². The van der Waals surface area contributed by atoms with E-state index in [0.717, 1.165) is 16.8 Å². The summed E-state index contributed by atoms with van der Waals surface area (Å²) in [5.74, 6) is -1.82. The molecule has 7 nitrogen and oxygen atoms in total. The number of carbonyl (C=O) groups excluding carboxylic acids is 2. The average Bonchev–Trinajstić information content (AvgIpc) is 2.89. The summed E-state index contributed by atoms with van der Waals surface area (Å²) in [6.45, 7) is 3.49. The van der Waals surface area contributed by atoms with Crippen LogP contribution < -0.4 is 16.4 Å². The zero-order valence-corrected chi connectivity index (χ0v) is 20.9. The summed E-state index contributed by atoms with van der Waals surface area (Å²) in [4.78, 5) is 25.7. The van der Waals surface area contributed by atoms with E-state index in [1.54, 1.807) is 50.3 Å². The maximum absolute atomic E-state index is 14.3. The Balaban J connectivity index is 1.59. The first-order valence-electron chi connectivity index (χ1n) is 11.9. The molecule has 4 aromatic rings. The molecule has 4 rings (SSSR count). The number of anilines is 3. The molecule has 8 heteroatoms. The fourth-order valence-corrected chi connectivity index (χ4v) is 4.08. The van der Waals surface area contributed by atoms with Gasteiger partial charge in [0.1, 0.15) is 6.10 Å². The van der Waals surface area contributed by atoms with Crippen LogP contribution in [-0.4, -0.2) is 17.1 Å². The summed E-state index contributed by atoms with van der Waals surface area (Å²) in [5, 5.41) is 16.9. The Morgan fingerprint density at radius 3 is 2.39 bits per heavy atom. The highest BCUT2D eigenvalue weighted by atomic mass is 19.1. The number of rotatable bonds is 7. The molecule has 0 heterocycles. The van der Waals surface area contributed by atoms with Crippen LogP contribution in [0.5, 0.6) is 5.75 Å². The standard InChI is InChI=1S/C30H28FN3O4/c1-30(2,17-16-27(36)33-25-12-6-5-11-23(25)32)28(20-14-15-26(35)22(31)18-20)38-29(37)34-24-13-7-9-19-8-3-4-10-21(19)24/h3-18,28,35H,32H2,1-2H3,(H,33,36)(H,34,37)/b17-16+/t28-/m1/s1. The number of phenols is 1. The summed E-state index contributed by atoms with van der Waals surface area (Å²) in [6.07, 6.45) is 1.10. The molecule has 0 radical (unpaired) electrons. The summed E-state index contributed by atoms with van der Waals surface area (Å²) in [5.41, 5.74) is 6.65. The van der Waals surface area contributed by atoms with E-state index in [1.165, 1.54) is 18.2 Å². The van der Waals surface area contributed by atoms with Crippen molar-refractivity contribution in [3.8, 4) is 5.75 Å². The number of hydrogen-bond acceptors (Lipinski definition) is 5. The molecule has 1 atom stereocenters. The first-order valence-corrected chi connectivity index (χ1v) is 11.9. The Morgan fingerprint density at radius 1 is 0.947 bits per heavy atom. The minimum absolute atomic E-state index is 0.302. The summed E-state index contributed by atoms with van der Waals surface area (Å²) in [6, 6.07) is 23.7. The zero-order chi connectivity index (χ0) is 27.3. The smallest absolute Gasteiger partial charge is 0.412 e. The van der Waals surface area contributed by atoms with Gasteiger partial charge in [0.05, 0.1) is 17.1 Å². The molecular weight excluding hydrogens is 485 g/mol. The molecule has 4 aromatic carbocycles. The van der Waals surface area contributed by atoms with Crippen molar-refractivity contribution in [3.05, 3.63) is 108 Å². The third-order valence-electron chi connectivity index (χ3n) is 6.08. The summed E-state index contributed by atoms with van der Waals surface area (Å²) in [7, 11) is 0. The molecule has 0 aliphatic carbocycles. The van der Waals surface area contributed by atoms with Gasteiger partial charge < -0.3 is 20.9 Å². The largest absolute Gasteiger partial charge is 0.505 e. The molecule has 0 fully saturated rings. The van der Waals surface area contributed by atoms with Crippen LogP contribution in [-0.2, 0) is 9.53 Å². The molecule has 0 bridgehead atoms. The number of ether oxygens (including phenoxy) is 1. The maximum atomic E-state index is 14.3. The number of carbonyl (C=O) groups is 2. The molecule has 0 aromatic heterocycles. The number of para-hydroxylation sites is 2. The van der Waals surface area contributed by atoms with Gasteiger partial charge in [0.15, 0.2) is 11.6 Å². The number of halogens is 1. The van der Waals surface area contributed by atoms with Crippen LogP contribution in [0.3, 0.4) is 0 Å². The Morgan fingerprint density at radius 2 is 1.63 bits per heavy atom. The van der Waals surface area contributed by atoms with E-state index in [0.29, 0.717) is 22.6 Å². The molecule has 194 valence electrons. The minimum atomic E-state index is -1.02. The van der Waals surface area contributed by atoms with Crippen LogP contribution in [0.2, 0.25) is 0 Å². The number of benzene rings is 4. The zero-order valence-electron chi connectivity index (χ0n) is 20.9. The van der Waals surface area contributed by atoms with Crippen molar-refractivity contribution in [1.29, 1.82) is 0 Å². The van der Waals surface area contributed by atoms with Gasteiger partial charge in [-0.05, 0) is 47.4 Å². The highest BCUT2D eigenvalue weighted by Gasteiger charge is 2.33. The Bertz CT molecular complexity index is 1510. The van der Waals surface area contributed by atoms with E-state index in [-0.39, 0.29) is 0 Å². The number of aromatic hydroxyl groups is 1. The molecule has 2 amide bonds. The van der Waals surface area contributed by atoms with Crippen LogP contribution in [0.1, 0.15) is 25.5 Å². The molecule has 0 aliphatic heterocycles. The van der Waals surface area contributed by atoms with Crippen LogP contribution in [0.4, 0.5) is 26.2 Å². The van der Waals surface area contributed by atoms with Crippen LogP contribution >= 0.6 is 0 Å². The fourth-order valence-electron chi connectivity index (χ4n) is 4.08. The van der Waals surface area contributed by atoms with E-state index in [9.17, 15) is 19.1 Å². The second-order valence-corrected chi connectivity index (χ2v) is 9.38. The van der Waals surface area contributed by atoms with Crippen molar-refractivity contribution < 1.29 is 23.8 Å². The first kappa shape index (κ1) is 26.2. The highest BCUT2D eigenvalue weighted by molar-refractivity contribution is 6.01. The quantitative estimate of drug-likeness (QED) is 0.161. The van der Waals surface area contributed by atoms with E-state index >= 15 is 0 Å². The van der Waals surface area contributed by atoms with Gasteiger partial charge in [0.25, 0.3) is 0 Å². The average molecular weight is 514 g/mol. The van der Waals surface area contributed by atoms with Crippen molar-refractivity contribution in [2.24, 2.45) is 5.41 Å². The number of hydrogen-bond donors (Lipinski definition) is 4. The van der Waals surface area contributed by atoms with E-state index in [2.05, 4.69) is 10.6 Å². The topological polar surface area (TPSA) is 114 Å². The third-order valence-corrected chi connectivity index (χ3v) is 6.08. The lowest BCUT2D eigenvalue weighted by Crippen LogP contribution is -2.28. The van der Waals surface area contributed by atoms with Gasteiger partial charge in [-0.3, -0.25) is 10.1 Å². The highest BCUT2D eigenvalue weighted by Crippen LogP contribution is 2.39. The van der Waals surface area contributed by atoms with Crippen molar-refractivity contribution in [2.45, 2.75) is 20.0 Å². The van der Waals surface area contributed by atoms with Gasteiger partial charge in [0, 0.05) is 10.8 Å². The van der Waals surface area contributed by atoms with E-state index in [4.69, 9.17) is 10.5 Å². The second kappa shape index (κ2) is 11.0. The van der Waals surface area contributed by atoms with Gasteiger partial charge in [-0.25, -0.2) is 9.18 Å². The molecule has 38 heavy (non-hydrogen) atoms. The molecular formula is C30H28FN3O4. The van der Waals surface area contributed by atoms with Gasteiger partial charge in [-0.2, -0.15) is 0 Å². The second-order valence-electron chi connectivity index (χ2n) is 9.38. The number of amides is 2. The molecule has 5 N–H and O–H groups in total. The van der Waals surface area contributed by atoms with Crippen LogP contribution in [0.25, 0.3) is 10.8 Å². The SMILES string of the molecule is CC(C)(/C=C/C(=O)Nc1ccccc1N)[C@H](OC(=O)Nc1cccc2ccccc12)c1ccc(O)c(F)c1. The van der Waals surface area contributed by atoms with E-state index < -0.39 is 35.1 Å². The number of nitrogens with two attached hydrogens (primary N) is 1. The predicted molar refractivity (Wildman–Crippen MR) is 147 cm³/mol. The summed E-state index contributed by atoms with van der Waals surface area (Å²) < 4.78 is 20.1. The Labute approximate surface area is 219 Å². The van der Waals surface area contributed by atoms with Gasteiger partial charge in [0.2, 0.25) is 5.91 Å². The van der Waals surface area contributed by atoms with E-state index in [1.807, 2.05) is 36.4 Å². The van der Waals surface area contributed by atoms with Crippen molar-refractivity contribution >= 4 is 39.8 Å². The lowest BCUT2D eigenvalue weighted by atomic mass is 9.82. The number of nitrogen functional groups attached to an aromatic ring is 1. The number of nitrogens with one attached hydrogen (secondary N) is 2. The van der Waals surface area contributed by atoms with Gasteiger partial charge in [-0.1, -0.05) is 74.5 Å². The molecule has 0 saturated heterocycles. The van der Waals surface area contributed by atoms with Crippen LogP contribution in [0, 0.1) is 11.2 Å². The molecule has 0 spiro atoms. The van der Waals surface area contributed by atoms with Crippen molar-refractivity contribution in [3.63, 3.8) is 0 Å². The predicted octanol–water partition coefficient (Wildman–Crippen LogP) is 6.78. The monoisotopic (exact) mass is 513 g/mol. The van der Waals surface area contributed by atoms with Crippen molar-refractivity contribution in [1.82, 2.24) is 0 Å². The summed E-state index contributed by atoms with van der Waals surface area (Å²) >= 11 is 0. The van der Waals surface area contributed by atoms with Crippen molar-refractivity contribution in [2.75, 3.05) is 16.4 Å². The molecule has 0 unspecified atom stereocenters. The molecule has 0 aliphatic rings. The third kappa shape index (κ3) is 6.10. The normalized spacial score (nSPS) is 12.3. The lowest BCUT2D eigenvalue weighted by Gasteiger charge is -2.32. The van der Waals surface area contributed by atoms with Gasteiger partial charge in [-0.15, -0.1) is 0 Å². The maximum Gasteiger partial charge on any atom is 0.412 e. The van der Waals surface area contributed by atoms with Gasteiger partial charge >= 0.3 is 6.09 Å². The number of phenolic OH excluding ortho intramolecular Hbond substituents is 1. The fraction of sp³-hybridized carbons (Fsp3) is 0.133.